The molecule has 11 aromatic rings. The van der Waals surface area contributed by atoms with Crippen LogP contribution in [0.2, 0.25) is 0 Å². The van der Waals surface area contributed by atoms with Crippen molar-refractivity contribution in [3.63, 3.8) is 0 Å². The zero-order valence-corrected chi connectivity index (χ0v) is 27.6. The molecule has 11 rings (SSSR count). The Morgan fingerprint density at radius 3 is 1.92 bits per heavy atom. The van der Waals surface area contributed by atoms with Gasteiger partial charge in [-0.25, -0.2) is 15.0 Å². The van der Waals surface area contributed by atoms with Gasteiger partial charge in [0.25, 0.3) is 0 Å². The van der Waals surface area contributed by atoms with Gasteiger partial charge in [0, 0.05) is 49.0 Å². The molecule has 5 heteroatoms. The van der Waals surface area contributed by atoms with Crippen molar-refractivity contribution < 1.29 is 8.83 Å². The van der Waals surface area contributed by atoms with Crippen LogP contribution in [0.3, 0.4) is 0 Å². The number of benzene rings is 7. The zero-order valence-electron chi connectivity index (χ0n) is 27.6. The van der Waals surface area contributed by atoms with E-state index in [-0.39, 0.29) is 0 Å². The molecule has 0 unspecified atom stereocenters. The lowest BCUT2D eigenvalue weighted by molar-refractivity contribution is 0.668. The van der Waals surface area contributed by atoms with Crippen molar-refractivity contribution in [2.45, 2.75) is 0 Å². The maximum Gasteiger partial charge on any atom is 0.164 e. The molecule has 0 saturated carbocycles. The van der Waals surface area contributed by atoms with Crippen molar-refractivity contribution in [1.82, 2.24) is 15.0 Å². The molecule has 3 heterocycles. The van der Waals surface area contributed by atoms with E-state index >= 15 is 0 Å². The summed E-state index contributed by atoms with van der Waals surface area (Å²) in [7, 11) is 0. The van der Waals surface area contributed by atoms with E-state index in [1.165, 1.54) is 0 Å². The minimum Gasteiger partial charge on any atom is -0.456 e. The smallest absolute Gasteiger partial charge is 0.164 e. The van der Waals surface area contributed by atoms with E-state index in [9.17, 15) is 0 Å². The van der Waals surface area contributed by atoms with Crippen LogP contribution in [-0.2, 0) is 0 Å². The zero-order chi connectivity index (χ0) is 34.2. The van der Waals surface area contributed by atoms with E-state index in [0.717, 1.165) is 93.2 Å². The second-order valence-corrected chi connectivity index (χ2v) is 13.0. The standard InChI is InChI=1S/C47H25N3O2/c1-2-12-28(13-3-1)45-48-46(38-24-30-14-4-5-15-32(30)33-16-6-7-17-34(33)38)50-47(49-45)39-25-31(27-43-44(39)37-19-9-11-21-41(37)52-43)29-22-23-36-35-18-8-10-20-40(35)51-42(36)26-29/h1-5,7-15,17-27H. The first-order valence-corrected chi connectivity index (χ1v) is 17.2. The third-order valence-corrected chi connectivity index (χ3v) is 9.96. The van der Waals surface area contributed by atoms with E-state index in [1.54, 1.807) is 0 Å². The average Bonchev–Trinajstić information content (AvgIpc) is 3.78. The van der Waals surface area contributed by atoms with Gasteiger partial charge in [0.15, 0.2) is 17.5 Å². The average molecular weight is 664 g/mol. The van der Waals surface area contributed by atoms with Gasteiger partial charge < -0.3 is 8.83 Å². The van der Waals surface area contributed by atoms with E-state index in [4.69, 9.17) is 23.8 Å². The Morgan fingerprint density at radius 1 is 0.404 bits per heavy atom. The molecule has 0 N–H and O–H groups in total. The van der Waals surface area contributed by atoms with Gasteiger partial charge in [-0.15, -0.1) is 0 Å². The Morgan fingerprint density at radius 2 is 1.06 bits per heavy atom. The first-order valence-electron chi connectivity index (χ1n) is 17.2. The highest BCUT2D eigenvalue weighted by Crippen LogP contribution is 2.42. The maximum atomic E-state index is 6.55. The normalized spacial score (nSPS) is 11.7. The predicted octanol–water partition coefficient (Wildman–Crippen LogP) is 12.2. The van der Waals surface area contributed by atoms with E-state index in [2.05, 4.69) is 84.9 Å². The highest BCUT2D eigenvalue weighted by atomic mass is 16.3. The molecule has 0 bridgehead atoms. The number of para-hydroxylation sites is 2. The SMILES string of the molecule is c1ccc2c(-c3nc(-c4ccccc4)nc(-c4cc(-c5ccc6c(c5)oc5ccccc56)cc5oc6ccccc6c45)n3)cc3ccccc3c2c#1. The molecule has 0 spiro atoms. The Kier molecular flexibility index (Phi) is 6.10. The summed E-state index contributed by atoms with van der Waals surface area (Å²) in [5.74, 6) is 1.72. The van der Waals surface area contributed by atoms with Crippen LogP contribution in [0, 0.1) is 12.1 Å². The van der Waals surface area contributed by atoms with Crippen LogP contribution >= 0.6 is 0 Å². The van der Waals surface area contributed by atoms with E-state index in [1.807, 2.05) is 78.9 Å². The number of hydrogen-bond acceptors (Lipinski definition) is 5. The molecule has 0 fully saturated rings. The summed E-state index contributed by atoms with van der Waals surface area (Å²) in [5, 5.41) is 8.29. The molecule has 5 nitrogen and oxygen atoms in total. The fourth-order valence-corrected chi connectivity index (χ4v) is 7.53. The molecule has 0 aliphatic heterocycles. The number of furan rings is 2. The molecule has 0 radical (unpaired) electrons. The molecular formula is C47H25N3O2. The fourth-order valence-electron chi connectivity index (χ4n) is 7.53. The summed E-state index contributed by atoms with van der Waals surface area (Å²) in [6.45, 7) is 0. The largest absolute Gasteiger partial charge is 0.456 e. The summed E-state index contributed by atoms with van der Waals surface area (Å²) in [5.41, 5.74) is 7.87. The molecule has 240 valence electrons. The Labute approximate surface area is 297 Å². The first-order chi connectivity index (χ1) is 25.7. The molecule has 0 atom stereocenters. The summed E-state index contributed by atoms with van der Waals surface area (Å²) < 4.78 is 12.8. The number of hydrogen-bond donors (Lipinski definition) is 0. The van der Waals surface area contributed by atoms with Crippen LogP contribution in [0.25, 0.3) is 111 Å². The molecule has 0 aliphatic carbocycles. The molecule has 0 amide bonds. The minimum atomic E-state index is 0.555. The quantitative estimate of drug-likeness (QED) is 0.187. The lowest BCUT2D eigenvalue weighted by atomic mass is 9.96. The summed E-state index contributed by atoms with van der Waals surface area (Å²) in [4.78, 5) is 15.6. The van der Waals surface area contributed by atoms with Gasteiger partial charge in [-0.3, -0.25) is 0 Å². The first kappa shape index (κ1) is 28.5. The van der Waals surface area contributed by atoms with Crippen molar-refractivity contribution in [3.05, 3.63) is 164 Å². The van der Waals surface area contributed by atoms with Crippen molar-refractivity contribution in [2.24, 2.45) is 0 Å². The van der Waals surface area contributed by atoms with Gasteiger partial charge in [-0.05, 0) is 76.5 Å². The monoisotopic (exact) mass is 663 g/mol. The molecule has 52 heavy (non-hydrogen) atoms. The van der Waals surface area contributed by atoms with Crippen LogP contribution in [-0.4, -0.2) is 15.0 Å². The maximum absolute atomic E-state index is 6.55. The molecule has 8 aromatic carbocycles. The van der Waals surface area contributed by atoms with Gasteiger partial charge in [-0.1, -0.05) is 109 Å². The third kappa shape index (κ3) is 4.42. The highest BCUT2D eigenvalue weighted by molar-refractivity contribution is 6.15. The summed E-state index contributed by atoms with van der Waals surface area (Å²) in [6.07, 6.45) is 0. The number of nitrogens with zero attached hydrogens (tertiary/aromatic N) is 3. The van der Waals surface area contributed by atoms with Gasteiger partial charge in [0.1, 0.15) is 22.3 Å². The van der Waals surface area contributed by atoms with Crippen molar-refractivity contribution in [1.29, 1.82) is 0 Å². The molecule has 0 aliphatic rings. The fraction of sp³-hybridized carbons (Fsp3) is 0. The highest BCUT2D eigenvalue weighted by Gasteiger charge is 2.21. The Bertz CT molecular complexity index is 3190. The second-order valence-electron chi connectivity index (χ2n) is 13.0. The lowest BCUT2D eigenvalue weighted by Gasteiger charge is -2.13. The minimum absolute atomic E-state index is 0.555. The second kappa shape index (κ2) is 11.1. The van der Waals surface area contributed by atoms with Gasteiger partial charge in [0.05, 0.1) is 0 Å². The van der Waals surface area contributed by atoms with Gasteiger partial charge in [0.2, 0.25) is 0 Å². The van der Waals surface area contributed by atoms with E-state index in [0.29, 0.717) is 17.5 Å². The van der Waals surface area contributed by atoms with Gasteiger partial charge in [-0.2, -0.15) is 0 Å². The molecular weight excluding hydrogens is 639 g/mol. The Balaban J connectivity index is 1.21. The van der Waals surface area contributed by atoms with Crippen LogP contribution in [0.1, 0.15) is 0 Å². The van der Waals surface area contributed by atoms with E-state index < -0.39 is 0 Å². The van der Waals surface area contributed by atoms with Crippen LogP contribution in [0.5, 0.6) is 0 Å². The third-order valence-electron chi connectivity index (χ3n) is 9.96. The van der Waals surface area contributed by atoms with Crippen LogP contribution < -0.4 is 0 Å². The summed E-state index contributed by atoms with van der Waals surface area (Å²) >= 11 is 0. The summed E-state index contributed by atoms with van der Waals surface area (Å²) in [6, 6.07) is 58.0. The van der Waals surface area contributed by atoms with Crippen molar-refractivity contribution in [3.8, 4) is 45.3 Å². The van der Waals surface area contributed by atoms with Crippen LogP contribution in [0.4, 0.5) is 0 Å². The Hall–Kier alpha value is -7.29. The van der Waals surface area contributed by atoms with Crippen molar-refractivity contribution >= 4 is 65.4 Å². The topological polar surface area (TPSA) is 65.0 Å². The molecule has 0 saturated heterocycles. The lowest BCUT2D eigenvalue weighted by Crippen LogP contribution is -2.01. The number of fused-ring (bicyclic) bond motifs is 9. The number of aromatic nitrogens is 3. The number of rotatable bonds is 4. The predicted molar refractivity (Wildman–Crippen MR) is 209 cm³/mol. The molecule has 3 aromatic heterocycles. The van der Waals surface area contributed by atoms with Crippen molar-refractivity contribution in [2.75, 3.05) is 0 Å². The van der Waals surface area contributed by atoms with Gasteiger partial charge >= 0.3 is 0 Å². The van der Waals surface area contributed by atoms with Crippen LogP contribution in [0.15, 0.2) is 160 Å².